The van der Waals surface area contributed by atoms with E-state index in [-0.39, 0.29) is 45.0 Å². The molecule has 1 aliphatic heterocycles. The minimum absolute atomic E-state index is 0.00224. The van der Waals surface area contributed by atoms with Crippen LogP contribution in [0.5, 0.6) is 17.2 Å². The van der Waals surface area contributed by atoms with E-state index in [0.29, 0.717) is 45.6 Å². The van der Waals surface area contributed by atoms with Gasteiger partial charge < -0.3 is 43.4 Å². The normalized spacial score (nSPS) is 15.2. The topological polar surface area (TPSA) is 181 Å². The molecule has 1 fully saturated rings. The molecular weight excluding hydrogens is 973 g/mol. The molecule has 394 valence electrons. The number of likely N-dealkylation sites (tertiary alicyclic amines) is 1. The first-order valence-electron chi connectivity index (χ1n) is 24.9. The zero-order valence-corrected chi connectivity index (χ0v) is 44.6. The molecular formula is C58H66N4O12Si. The number of hydrogen-bond acceptors (Lipinski definition) is 13. The largest absolute Gasteiger partial charge is 0.497 e. The average Bonchev–Trinajstić information content (AvgIpc) is 3.81. The van der Waals surface area contributed by atoms with Crippen LogP contribution in [-0.4, -0.2) is 110 Å². The predicted octanol–water partition coefficient (Wildman–Crippen LogP) is 9.99. The SMILES string of the molecule is COc1ccc2c(O[C@@H]3C[C@@H](N(C=O)[C@@H](COc4cccc(C[C@H](NC(=O)OCc5ccccc5)C(=O)OCC[Si](C)(C)C)c4)C(=O)OCc4ccccc4)N(C(=O)OC(C)(C)C)C3)cc(-c3ccccc3)nc2c1. The van der Waals surface area contributed by atoms with E-state index in [1.807, 2.05) is 103 Å². The lowest BCUT2D eigenvalue weighted by Crippen LogP contribution is -2.56. The van der Waals surface area contributed by atoms with Gasteiger partial charge in [-0.2, -0.15) is 0 Å². The first-order chi connectivity index (χ1) is 35.9. The van der Waals surface area contributed by atoms with Crippen molar-refractivity contribution in [2.24, 2.45) is 0 Å². The lowest BCUT2D eigenvalue weighted by molar-refractivity contribution is -0.158. The van der Waals surface area contributed by atoms with Crippen molar-refractivity contribution in [2.45, 2.75) is 102 Å². The summed E-state index contributed by atoms with van der Waals surface area (Å²) in [5.74, 6) is -0.0473. The van der Waals surface area contributed by atoms with Gasteiger partial charge in [0.15, 0.2) is 6.04 Å². The number of carbonyl (C=O) groups excluding carboxylic acids is 5. The van der Waals surface area contributed by atoms with Crippen LogP contribution in [0, 0.1) is 0 Å². The Kier molecular flexibility index (Phi) is 18.5. The summed E-state index contributed by atoms with van der Waals surface area (Å²) in [6.45, 7) is 11.4. The molecule has 5 aromatic carbocycles. The standard InChI is InChI=1S/C58H66N4O12Si/c1-58(2,3)74-57(67)61-35-46(73-52-34-48(43-23-15-10-16-24-43)59-49-32-44(68-4)26-27-47(49)52)33-53(61)62(39-63)51(55(65)71-36-40-18-11-8-12-19-40)38-70-45-25-17-22-42(30-45)31-50(54(64)69-28-29-75(5,6)7)60-56(66)72-37-41-20-13-9-14-21-41/h8-27,30,32,34,39,46,50-51,53H,28-29,31,33,35-38H2,1-7H3,(H,60,66)/t46-,50+,51+,53-/m1/s1. The van der Waals surface area contributed by atoms with E-state index in [1.54, 1.807) is 64.3 Å². The predicted molar refractivity (Wildman–Crippen MR) is 286 cm³/mol. The number of ether oxygens (including phenoxy) is 7. The number of fused-ring (bicyclic) bond motifs is 1. The summed E-state index contributed by atoms with van der Waals surface area (Å²) < 4.78 is 41.6. The van der Waals surface area contributed by atoms with Gasteiger partial charge in [0.05, 0.1) is 31.5 Å². The van der Waals surface area contributed by atoms with E-state index in [9.17, 15) is 24.0 Å². The number of nitrogens with zero attached hydrogens (tertiary/aromatic N) is 3. The number of methoxy groups -OCH3 is 1. The quantitative estimate of drug-likeness (QED) is 0.0294. The molecule has 3 amide bonds. The number of esters is 2. The second-order valence-corrected chi connectivity index (χ2v) is 26.0. The highest BCUT2D eigenvalue weighted by molar-refractivity contribution is 6.76. The number of carbonyl (C=O) groups is 5. The third-order valence-electron chi connectivity index (χ3n) is 12.2. The zero-order valence-electron chi connectivity index (χ0n) is 43.6. The van der Waals surface area contributed by atoms with Gasteiger partial charge in [-0.15, -0.1) is 0 Å². The maximum absolute atomic E-state index is 14.4. The van der Waals surface area contributed by atoms with Crippen molar-refractivity contribution in [3.05, 3.63) is 156 Å². The summed E-state index contributed by atoms with van der Waals surface area (Å²) in [6.07, 6.45) is -2.73. The summed E-state index contributed by atoms with van der Waals surface area (Å²) >= 11 is 0. The molecule has 1 aliphatic rings. The average molecular weight is 1040 g/mol. The Balaban J connectivity index is 1.16. The van der Waals surface area contributed by atoms with Crippen LogP contribution in [0.25, 0.3) is 22.2 Å². The van der Waals surface area contributed by atoms with Crippen LogP contribution in [0.1, 0.15) is 43.9 Å². The summed E-state index contributed by atoms with van der Waals surface area (Å²) in [5, 5.41) is 3.38. The number of benzene rings is 5. The van der Waals surface area contributed by atoms with Crippen molar-refractivity contribution in [1.29, 1.82) is 0 Å². The third-order valence-corrected chi connectivity index (χ3v) is 13.9. The molecule has 17 heteroatoms. The summed E-state index contributed by atoms with van der Waals surface area (Å²) in [7, 11) is 0.0221. The highest BCUT2D eigenvalue weighted by atomic mass is 28.3. The van der Waals surface area contributed by atoms with E-state index in [1.165, 1.54) is 9.80 Å². The van der Waals surface area contributed by atoms with Gasteiger partial charge in [-0.05, 0) is 67.8 Å². The lowest BCUT2D eigenvalue weighted by atomic mass is 10.1. The van der Waals surface area contributed by atoms with Gasteiger partial charge in [0.25, 0.3) is 0 Å². The smallest absolute Gasteiger partial charge is 0.412 e. The Hall–Kier alpha value is -7.92. The van der Waals surface area contributed by atoms with Gasteiger partial charge in [-0.3, -0.25) is 9.69 Å². The van der Waals surface area contributed by atoms with Crippen LogP contribution in [-0.2, 0) is 53.0 Å². The molecule has 4 atom stereocenters. The molecule has 0 unspecified atom stereocenters. The molecule has 6 aromatic rings. The molecule has 0 spiro atoms. The van der Waals surface area contributed by atoms with Crippen molar-refractivity contribution in [1.82, 2.24) is 20.1 Å². The van der Waals surface area contributed by atoms with Crippen LogP contribution in [0.2, 0.25) is 25.7 Å². The van der Waals surface area contributed by atoms with Gasteiger partial charge >= 0.3 is 24.1 Å². The van der Waals surface area contributed by atoms with E-state index in [0.717, 1.165) is 17.2 Å². The minimum atomic E-state index is -1.56. The third kappa shape index (κ3) is 16.0. The van der Waals surface area contributed by atoms with Gasteiger partial charge in [0, 0.05) is 44.0 Å². The van der Waals surface area contributed by atoms with Gasteiger partial charge in [0.1, 0.15) is 61.0 Å². The van der Waals surface area contributed by atoms with Crippen LogP contribution < -0.4 is 19.5 Å². The van der Waals surface area contributed by atoms with Crippen molar-refractivity contribution < 1.29 is 57.1 Å². The van der Waals surface area contributed by atoms with Crippen LogP contribution in [0.3, 0.4) is 0 Å². The van der Waals surface area contributed by atoms with E-state index < -0.39 is 68.8 Å². The molecule has 1 N–H and O–H groups in total. The van der Waals surface area contributed by atoms with Crippen molar-refractivity contribution >= 4 is 49.5 Å². The fraction of sp³-hybridized carbons (Fsp3) is 0.345. The Labute approximate surface area is 439 Å². The van der Waals surface area contributed by atoms with Crippen LogP contribution in [0.4, 0.5) is 9.59 Å². The van der Waals surface area contributed by atoms with Gasteiger partial charge in [0.2, 0.25) is 6.41 Å². The molecule has 0 aliphatic carbocycles. The monoisotopic (exact) mass is 1040 g/mol. The maximum Gasteiger partial charge on any atom is 0.412 e. The highest BCUT2D eigenvalue weighted by Gasteiger charge is 2.46. The van der Waals surface area contributed by atoms with E-state index in [4.69, 9.17) is 38.1 Å². The summed E-state index contributed by atoms with van der Waals surface area (Å²) in [6, 6.07) is 40.2. The number of aromatic nitrogens is 1. The highest BCUT2D eigenvalue weighted by Crippen LogP contribution is 2.36. The molecule has 0 bridgehead atoms. The van der Waals surface area contributed by atoms with Crippen LogP contribution >= 0.6 is 0 Å². The second-order valence-electron chi connectivity index (χ2n) is 20.4. The van der Waals surface area contributed by atoms with Crippen molar-refractivity contribution in [3.8, 4) is 28.5 Å². The lowest BCUT2D eigenvalue weighted by Gasteiger charge is -2.36. The molecule has 75 heavy (non-hydrogen) atoms. The first-order valence-corrected chi connectivity index (χ1v) is 28.7. The van der Waals surface area contributed by atoms with Crippen molar-refractivity contribution in [3.63, 3.8) is 0 Å². The second kappa shape index (κ2) is 25.3. The molecule has 2 heterocycles. The molecule has 1 saturated heterocycles. The maximum atomic E-state index is 14.4. The molecule has 7 rings (SSSR count). The van der Waals surface area contributed by atoms with Gasteiger partial charge in [-0.1, -0.05) is 123 Å². The Morgan fingerprint density at radius 2 is 1.43 bits per heavy atom. The van der Waals surface area contributed by atoms with Gasteiger partial charge in [-0.25, -0.2) is 24.2 Å². The summed E-state index contributed by atoms with van der Waals surface area (Å²) in [5.41, 5.74) is 3.28. The first kappa shape index (κ1) is 54.8. The summed E-state index contributed by atoms with van der Waals surface area (Å²) in [4.78, 5) is 76.5. The Bertz CT molecular complexity index is 2880. The number of nitrogens with one attached hydrogen (secondary N) is 1. The Morgan fingerprint density at radius 3 is 2.07 bits per heavy atom. The van der Waals surface area contributed by atoms with E-state index in [2.05, 4.69) is 25.0 Å². The zero-order chi connectivity index (χ0) is 53.5. The molecule has 1 aromatic heterocycles. The number of alkyl carbamates (subject to hydrolysis) is 1. The van der Waals surface area contributed by atoms with Crippen molar-refractivity contribution in [2.75, 3.05) is 26.9 Å². The fourth-order valence-electron chi connectivity index (χ4n) is 8.28. The molecule has 16 nitrogen and oxygen atoms in total. The molecule has 0 saturated carbocycles. The van der Waals surface area contributed by atoms with E-state index >= 15 is 0 Å². The molecule has 0 radical (unpaired) electrons. The number of rotatable bonds is 22. The number of amides is 3. The number of pyridine rings is 1. The van der Waals surface area contributed by atoms with Crippen LogP contribution in [0.15, 0.2) is 140 Å². The Morgan fingerprint density at radius 1 is 0.773 bits per heavy atom. The number of hydrogen-bond donors (Lipinski definition) is 1. The minimum Gasteiger partial charge on any atom is -0.497 e. The fourth-order valence-corrected chi connectivity index (χ4v) is 9.00.